The molecule has 0 saturated heterocycles. The Morgan fingerprint density at radius 2 is 2.16 bits per heavy atom. The summed E-state index contributed by atoms with van der Waals surface area (Å²) < 4.78 is 1.60. The van der Waals surface area contributed by atoms with Gasteiger partial charge in [-0.05, 0) is 31.9 Å². The van der Waals surface area contributed by atoms with Crippen LogP contribution in [0.1, 0.15) is 35.3 Å². The third-order valence-corrected chi connectivity index (χ3v) is 5.31. The summed E-state index contributed by atoms with van der Waals surface area (Å²) in [7, 11) is 0. The van der Waals surface area contributed by atoms with Crippen LogP contribution in [0, 0.1) is 6.92 Å². The number of aromatic amines is 1. The quantitative estimate of drug-likeness (QED) is 0.681. The Balaban J connectivity index is 1.58. The Kier molecular flexibility index (Phi) is 5.33. The molecule has 2 N–H and O–H groups in total. The van der Waals surface area contributed by atoms with Crippen molar-refractivity contribution in [2.24, 2.45) is 0 Å². The molecular weight excluding hydrogens is 336 g/mol. The maximum atomic E-state index is 12.2. The average molecular weight is 358 g/mol. The zero-order valence-electron chi connectivity index (χ0n) is 14.5. The van der Waals surface area contributed by atoms with Crippen molar-refractivity contribution < 1.29 is 4.79 Å². The molecule has 7 heteroatoms. The van der Waals surface area contributed by atoms with Crippen LogP contribution < -0.4 is 11.0 Å². The van der Waals surface area contributed by atoms with Gasteiger partial charge in [-0.25, -0.2) is 9.78 Å². The SMILES string of the molecule is CCCc1nc(C)c(CNC(=O)CCn2c(=O)[nH]c3ccccc32)s1. The predicted octanol–water partition coefficient (Wildman–Crippen LogP) is 2.75. The maximum Gasteiger partial charge on any atom is 0.326 e. The summed E-state index contributed by atoms with van der Waals surface area (Å²) >= 11 is 1.66. The number of rotatable bonds is 7. The summed E-state index contributed by atoms with van der Waals surface area (Å²) in [5.41, 5.74) is 2.41. The number of amides is 1. The average Bonchev–Trinajstić information content (AvgIpc) is 3.10. The highest BCUT2D eigenvalue weighted by atomic mass is 32.1. The van der Waals surface area contributed by atoms with E-state index in [-0.39, 0.29) is 18.0 Å². The van der Waals surface area contributed by atoms with Gasteiger partial charge in [0.1, 0.15) is 0 Å². The first-order chi connectivity index (χ1) is 12.1. The van der Waals surface area contributed by atoms with Gasteiger partial charge >= 0.3 is 5.69 Å². The minimum Gasteiger partial charge on any atom is -0.351 e. The molecule has 0 fully saturated rings. The van der Waals surface area contributed by atoms with E-state index in [9.17, 15) is 9.59 Å². The molecule has 0 aliphatic heterocycles. The molecule has 2 heterocycles. The molecule has 6 nitrogen and oxygen atoms in total. The minimum absolute atomic E-state index is 0.0676. The highest BCUT2D eigenvalue weighted by Gasteiger charge is 2.11. The molecule has 1 amide bonds. The second kappa shape index (κ2) is 7.65. The molecule has 0 radical (unpaired) electrons. The molecule has 0 aliphatic rings. The Hall–Kier alpha value is -2.41. The van der Waals surface area contributed by atoms with Crippen molar-refractivity contribution in [3.05, 3.63) is 50.3 Å². The monoisotopic (exact) mass is 358 g/mol. The molecule has 1 aromatic carbocycles. The Morgan fingerprint density at radius 1 is 1.36 bits per heavy atom. The number of H-pyrrole nitrogens is 1. The number of aromatic nitrogens is 3. The number of benzene rings is 1. The van der Waals surface area contributed by atoms with E-state index in [0.29, 0.717) is 13.1 Å². The van der Waals surface area contributed by atoms with E-state index < -0.39 is 0 Å². The Labute approximate surface area is 149 Å². The number of carbonyl (C=O) groups excluding carboxylic acids is 1. The summed E-state index contributed by atoms with van der Waals surface area (Å²) in [5.74, 6) is -0.0676. The van der Waals surface area contributed by atoms with Crippen LogP contribution in [0.3, 0.4) is 0 Å². The van der Waals surface area contributed by atoms with Crippen LogP contribution >= 0.6 is 11.3 Å². The minimum atomic E-state index is -0.184. The lowest BCUT2D eigenvalue weighted by atomic mass is 10.3. The fourth-order valence-electron chi connectivity index (χ4n) is 2.78. The van der Waals surface area contributed by atoms with Crippen molar-refractivity contribution in [2.75, 3.05) is 0 Å². The number of hydrogen-bond donors (Lipinski definition) is 2. The third-order valence-electron chi connectivity index (χ3n) is 4.09. The number of aryl methyl sites for hydroxylation is 3. The first-order valence-electron chi connectivity index (χ1n) is 8.48. The number of thiazole rings is 1. The summed E-state index contributed by atoms with van der Waals surface area (Å²) in [6.45, 7) is 4.96. The fourth-order valence-corrected chi connectivity index (χ4v) is 3.89. The first kappa shape index (κ1) is 17.4. The van der Waals surface area contributed by atoms with Crippen molar-refractivity contribution in [2.45, 2.75) is 46.2 Å². The van der Waals surface area contributed by atoms with Crippen LogP contribution in [0.15, 0.2) is 29.1 Å². The van der Waals surface area contributed by atoms with E-state index in [2.05, 4.69) is 22.2 Å². The molecular formula is C18H22N4O2S. The molecule has 0 spiro atoms. The number of carbonyl (C=O) groups is 1. The summed E-state index contributed by atoms with van der Waals surface area (Å²) in [6.07, 6.45) is 2.31. The molecule has 0 unspecified atom stereocenters. The largest absolute Gasteiger partial charge is 0.351 e. The second-order valence-corrected chi connectivity index (χ2v) is 7.16. The lowest BCUT2D eigenvalue weighted by Crippen LogP contribution is -2.26. The van der Waals surface area contributed by atoms with Crippen molar-refractivity contribution in [1.29, 1.82) is 0 Å². The number of nitrogens with one attached hydrogen (secondary N) is 2. The number of imidazole rings is 1. The van der Waals surface area contributed by atoms with Gasteiger partial charge in [0.05, 0.1) is 28.3 Å². The van der Waals surface area contributed by atoms with E-state index in [1.807, 2.05) is 31.2 Å². The van der Waals surface area contributed by atoms with Gasteiger partial charge in [0.2, 0.25) is 5.91 Å². The highest BCUT2D eigenvalue weighted by molar-refractivity contribution is 7.11. The van der Waals surface area contributed by atoms with Crippen molar-refractivity contribution in [3.8, 4) is 0 Å². The van der Waals surface area contributed by atoms with E-state index >= 15 is 0 Å². The lowest BCUT2D eigenvalue weighted by molar-refractivity contribution is -0.121. The zero-order chi connectivity index (χ0) is 17.8. The number of nitrogens with zero attached hydrogens (tertiary/aromatic N) is 2. The van der Waals surface area contributed by atoms with Gasteiger partial charge in [-0.1, -0.05) is 19.1 Å². The van der Waals surface area contributed by atoms with Gasteiger partial charge in [-0.3, -0.25) is 9.36 Å². The van der Waals surface area contributed by atoms with Gasteiger partial charge < -0.3 is 10.3 Å². The maximum absolute atomic E-state index is 12.2. The van der Waals surface area contributed by atoms with Gasteiger partial charge in [0, 0.05) is 17.8 Å². The molecule has 0 saturated carbocycles. The van der Waals surface area contributed by atoms with Gasteiger partial charge in [0.15, 0.2) is 0 Å². The highest BCUT2D eigenvalue weighted by Crippen LogP contribution is 2.19. The third kappa shape index (κ3) is 3.99. The number of fused-ring (bicyclic) bond motifs is 1. The molecule has 3 aromatic rings. The van der Waals surface area contributed by atoms with E-state index in [0.717, 1.165) is 39.5 Å². The molecule has 3 rings (SSSR count). The second-order valence-electron chi connectivity index (χ2n) is 5.99. The number of hydrogen-bond acceptors (Lipinski definition) is 4. The van der Waals surface area contributed by atoms with Crippen LogP contribution in [-0.2, 0) is 24.3 Å². The normalized spacial score (nSPS) is 11.1. The Bertz CT molecular complexity index is 938. The van der Waals surface area contributed by atoms with Crippen molar-refractivity contribution >= 4 is 28.3 Å². The Morgan fingerprint density at radius 3 is 2.96 bits per heavy atom. The van der Waals surface area contributed by atoms with Gasteiger partial charge in [-0.2, -0.15) is 0 Å². The summed E-state index contributed by atoms with van der Waals surface area (Å²) in [4.78, 5) is 32.6. The van der Waals surface area contributed by atoms with E-state index in [1.165, 1.54) is 0 Å². The topological polar surface area (TPSA) is 79.8 Å². The van der Waals surface area contributed by atoms with Crippen LogP contribution in [0.2, 0.25) is 0 Å². The summed E-state index contributed by atoms with van der Waals surface area (Å²) in [5, 5.41) is 4.05. The van der Waals surface area contributed by atoms with Crippen LogP contribution in [0.5, 0.6) is 0 Å². The standard InChI is InChI=1S/C18H22N4O2S/c1-3-6-17-20-12(2)15(25-17)11-19-16(23)9-10-22-14-8-5-4-7-13(14)21-18(22)24/h4-5,7-8H,3,6,9-11H2,1-2H3,(H,19,23)(H,21,24). The molecule has 132 valence electrons. The molecule has 0 aliphatic carbocycles. The van der Waals surface area contributed by atoms with Crippen LogP contribution in [-0.4, -0.2) is 20.4 Å². The van der Waals surface area contributed by atoms with Gasteiger partial charge in [-0.15, -0.1) is 11.3 Å². The van der Waals surface area contributed by atoms with E-state index in [4.69, 9.17) is 0 Å². The summed E-state index contributed by atoms with van der Waals surface area (Å²) in [6, 6.07) is 7.49. The molecule has 25 heavy (non-hydrogen) atoms. The van der Waals surface area contributed by atoms with E-state index in [1.54, 1.807) is 15.9 Å². The molecule has 0 bridgehead atoms. The van der Waals surface area contributed by atoms with Crippen LogP contribution in [0.25, 0.3) is 11.0 Å². The lowest BCUT2D eigenvalue weighted by Gasteiger charge is -2.05. The van der Waals surface area contributed by atoms with Crippen molar-refractivity contribution in [3.63, 3.8) is 0 Å². The fraction of sp³-hybridized carbons (Fsp3) is 0.389. The smallest absolute Gasteiger partial charge is 0.326 e. The number of para-hydroxylation sites is 2. The predicted molar refractivity (Wildman–Crippen MR) is 99.9 cm³/mol. The van der Waals surface area contributed by atoms with Crippen molar-refractivity contribution in [1.82, 2.24) is 19.9 Å². The molecule has 2 aromatic heterocycles. The first-order valence-corrected chi connectivity index (χ1v) is 9.29. The zero-order valence-corrected chi connectivity index (χ0v) is 15.3. The van der Waals surface area contributed by atoms with Crippen LogP contribution in [0.4, 0.5) is 0 Å². The molecule has 0 atom stereocenters. The van der Waals surface area contributed by atoms with Gasteiger partial charge in [0.25, 0.3) is 0 Å².